The molecule has 0 aliphatic heterocycles. The van der Waals surface area contributed by atoms with E-state index in [1.807, 2.05) is 24.3 Å². The van der Waals surface area contributed by atoms with E-state index in [4.69, 9.17) is 4.74 Å². The van der Waals surface area contributed by atoms with Crippen molar-refractivity contribution in [2.45, 2.75) is 20.4 Å². The normalized spacial score (nSPS) is 10.3. The Hall–Kier alpha value is -3.41. The predicted octanol–water partition coefficient (Wildman–Crippen LogP) is 3.97. The van der Waals surface area contributed by atoms with Crippen LogP contribution in [0, 0.1) is 13.8 Å². The third kappa shape index (κ3) is 4.82. The van der Waals surface area contributed by atoms with Gasteiger partial charge < -0.3 is 15.4 Å². The summed E-state index contributed by atoms with van der Waals surface area (Å²) < 4.78 is 5.27. The zero-order valence-electron chi connectivity index (χ0n) is 15.6. The number of aromatic nitrogens is 2. The lowest BCUT2D eigenvalue weighted by Gasteiger charge is -2.11. The monoisotopic (exact) mass is 362 g/mol. The van der Waals surface area contributed by atoms with Crippen LogP contribution in [0.25, 0.3) is 0 Å². The lowest BCUT2D eigenvalue weighted by atomic mass is 10.1. The van der Waals surface area contributed by atoms with Gasteiger partial charge in [0.2, 0.25) is 0 Å². The Bertz CT molecular complexity index is 956. The van der Waals surface area contributed by atoms with E-state index in [1.165, 1.54) is 5.56 Å². The number of benzene rings is 2. The summed E-state index contributed by atoms with van der Waals surface area (Å²) in [5, 5.41) is 6.09. The Morgan fingerprint density at radius 2 is 1.85 bits per heavy atom. The largest absolute Gasteiger partial charge is 0.495 e. The molecule has 0 unspecified atom stereocenters. The lowest BCUT2D eigenvalue weighted by molar-refractivity contribution is 0.102. The zero-order chi connectivity index (χ0) is 19.2. The first kappa shape index (κ1) is 18.4. The quantitative estimate of drug-likeness (QED) is 0.694. The number of para-hydroxylation sites is 2. The molecule has 2 N–H and O–H groups in total. The Morgan fingerprint density at radius 1 is 1.04 bits per heavy atom. The van der Waals surface area contributed by atoms with Crippen LogP contribution in [0.5, 0.6) is 5.75 Å². The molecule has 6 nitrogen and oxygen atoms in total. The summed E-state index contributed by atoms with van der Waals surface area (Å²) in [6, 6.07) is 17.1. The molecule has 1 amide bonds. The van der Waals surface area contributed by atoms with Crippen molar-refractivity contribution in [3.8, 4) is 5.75 Å². The van der Waals surface area contributed by atoms with Gasteiger partial charge in [0.25, 0.3) is 5.91 Å². The van der Waals surface area contributed by atoms with Crippen LogP contribution >= 0.6 is 0 Å². The van der Waals surface area contributed by atoms with Crippen LogP contribution in [0.4, 0.5) is 11.5 Å². The standard InChI is InChI=1S/C21H22N4O2/c1-14-7-6-8-16(11-14)13-22-20-12-18(23-15(2)24-20)21(26)25-17-9-4-5-10-19(17)27-3/h4-12H,13H2,1-3H3,(H,25,26)(H,22,23,24). The van der Waals surface area contributed by atoms with Crippen LogP contribution < -0.4 is 15.4 Å². The van der Waals surface area contributed by atoms with Crippen molar-refractivity contribution in [2.75, 3.05) is 17.7 Å². The van der Waals surface area contributed by atoms with Gasteiger partial charge in [0, 0.05) is 12.6 Å². The SMILES string of the molecule is COc1ccccc1NC(=O)c1cc(NCc2cccc(C)c2)nc(C)n1. The molecule has 0 saturated heterocycles. The zero-order valence-corrected chi connectivity index (χ0v) is 15.6. The average Bonchev–Trinajstić information content (AvgIpc) is 2.66. The number of amides is 1. The van der Waals surface area contributed by atoms with Gasteiger partial charge in [0.05, 0.1) is 12.8 Å². The first-order chi connectivity index (χ1) is 13.0. The number of anilines is 2. The van der Waals surface area contributed by atoms with Crippen molar-refractivity contribution < 1.29 is 9.53 Å². The van der Waals surface area contributed by atoms with Gasteiger partial charge in [-0.1, -0.05) is 42.0 Å². The summed E-state index contributed by atoms with van der Waals surface area (Å²) in [6.07, 6.45) is 0. The molecule has 1 heterocycles. The fraction of sp³-hybridized carbons (Fsp3) is 0.190. The molecule has 27 heavy (non-hydrogen) atoms. The van der Waals surface area contributed by atoms with Crippen LogP contribution in [0.1, 0.15) is 27.4 Å². The first-order valence-corrected chi connectivity index (χ1v) is 8.64. The molecule has 138 valence electrons. The van der Waals surface area contributed by atoms with E-state index in [1.54, 1.807) is 32.2 Å². The van der Waals surface area contributed by atoms with Gasteiger partial charge in [0.15, 0.2) is 0 Å². The molecule has 3 rings (SSSR count). The Labute approximate surface area is 158 Å². The molecule has 6 heteroatoms. The maximum absolute atomic E-state index is 12.6. The van der Waals surface area contributed by atoms with Gasteiger partial charge in [-0.3, -0.25) is 4.79 Å². The highest BCUT2D eigenvalue weighted by Gasteiger charge is 2.13. The minimum atomic E-state index is -0.316. The van der Waals surface area contributed by atoms with Gasteiger partial charge in [-0.15, -0.1) is 0 Å². The summed E-state index contributed by atoms with van der Waals surface area (Å²) in [7, 11) is 1.56. The Morgan fingerprint density at radius 3 is 2.63 bits per heavy atom. The van der Waals surface area contributed by atoms with E-state index >= 15 is 0 Å². The molecule has 3 aromatic rings. The second kappa shape index (κ2) is 8.31. The first-order valence-electron chi connectivity index (χ1n) is 8.64. The number of nitrogens with one attached hydrogen (secondary N) is 2. The lowest BCUT2D eigenvalue weighted by Crippen LogP contribution is -2.16. The Balaban J connectivity index is 1.75. The number of carbonyl (C=O) groups excluding carboxylic acids is 1. The van der Waals surface area contributed by atoms with E-state index in [-0.39, 0.29) is 5.91 Å². The van der Waals surface area contributed by atoms with E-state index in [0.717, 1.165) is 5.56 Å². The number of hydrogen-bond donors (Lipinski definition) is 2. The highest BCUT2D eigenvalue weighted by molar-refractivity contribution is 6.04. The van der Waals surface area contributed by atoms with Crippen molar-refractivity contribution in [2.24, 2.45) is 0 Å². The number of methoxy groups -OCH3 is 1. The van der Waals surface area contributed by atoms with E-state index in [9.17, 15) is 4.79 Å². The second-order valence-corrected chi connectivity index (χ2v) is 6.18. The van der Waals surface area contributed by atoms with Crippen LogP contribution in [-0.2, 0) is 6.54 Å². The van der Waals surface area contributed by atoms with E-state index in [0.29, 0.717) is 35.3 Å². The number of hydrogen-bond acceptors (Lipinski definition) is 5. The number of carbonyl (C=O) groups is 1. The maximum atomic E-state index is 12.6. The fourth-order valence-electron chi connectivity index (χ4n) is 2.72. The van der Waals surface area contributed by atoms with Crippen LogP contribution in [0.2, 0.25) is 0 Å². The van der Waals surface area contributed by atoms with Gasteiger partial charge in [-0.05, 0) is 31.5 Å². The molecule has 0 atom stereocenters. The minimum Gasteiger partial charge on any atom is -0.495 e. The van der Waals surface area contributed by atoms with Crippen molar-refractivity contribution in [3.05, 3.63) is 77.2 Å². The topological polar surface area (TPSA) is 76.1 Å². The molecule has 0 aliphatic carbocycles. The molecule has 1 aromatic heterocycles. The number of rotatable bonds is 6. The smallest absolute Gasteiger partial charge is 0.274 e. The van der Waals surface area contributed by atoms with Gasteiger partial charge in [-0.2, -0.15) is 0 Å². The molecule has 0 radical (unpaired) electrons. The summed E-state index contributed by atoms with van der Waals surface area (Å²) >= 11 is 0. The number of nitrogens with zero attached hydrogens (tertiary/aromatic N) is 2. The van der Waals surface area contributed by atoms with E-state index < -0.39 is 0 Å². The summed E-state index contributed by atoms with van der Waals surface area (Å²) in [4.78, 5) is 21.2. The predicted molar refractivity (Wildman–Crippen MR) is 106 cm³/mol. The summed E-state index contributed by atoms with van der Waals surface area (Å²) in [5.74, 6) is 1.40. The molecule has 0 spiro atoms. The summed E-state index contributed by atoms with van der Waals surface area (Å²) in [5.41, 5.74) is 3.23. The fourth-order valence-corrected chi connectivity index (χ4v) is 2.72. The minimum absolute atomic E-state index is 0.292. The van der Waals surface area contributed by atoms with Crippen molar-refractivity contribution >= 4 is 17.4 Å². The molecule has 0 bridgehead atoms. The molecule has 0 aliphatic rings. The number of aryl methyl sites for hydroxylation is 2. The van der Waals surface area contributed by atoms with Crippen LogP contribution in [-0.4, -0.2) is 23.0 Å². The van der Waals surface area contributed by atoms with Crippen molar-refractivity contribution in [3.63, 3.8) is 0 Å². The number of ether oxygens (including phenoxy) is 1. The average molecular weight is 362 g/mol. The summed E-state index contributed by atoms with van der Waals surface area (Å²) in [6.45, 7) is 4.43. The highest BCUT2D eigenvalue weighted by atomic mass is 16.5. The van der Waals surface area contributed by atoms with Crippen LogP contribution in [0.3, 0.4) is 0 Å². The van der Waals surface area contributed by atoms with Gasteiger partial charge in [0.1, 0.15) is 23.1 Å². The maximum Gasteiger partial charge on any atom is 0.274 e. The van der Waals surface area contributed by atoms with Gasteiger partial charge in [-0.25, -0.2) is 9.97 Å². The Kier molecular flexibility index (Phi) is 5.66. The molecular formula is C21H22N4O2. The molecule has 0 fully saturated rings. The van der Waals surface area contributed by atoms with E-state index in [2.05, 4.69) is 39.7 Å². The molecule has 0 saturated carbocycles. The highest BCUT2D eigenvalue weighted by Crippen LogP contribution is 2.23. The third-order valence-electron chi connectivity index (χ3n) is 3.98. The van der Waals surface area contributed by atoms with Crippen molar-refractivity contribution in [1.29, 1.82) is 0 Å². The third-order valence-corrected chi connectivity index (χ3v) is 3.98. The van der Waals surface area contributed by atoms with Gasteiger partial charge >= 0.3 is 0 Å². The molecular weight excluding hydrogens is 340 g/mol. The second-order valence-electron chi connectivity index (χ2n) is 6.18. The van der Waals surface area contributed by atoms with Crippen LogP contribution in [0.15, 0.2) is 54.6 Å². The molecule has 2 aromatic carbocycles. The van der Waals surface area contributed by atoms with Crippen molar-refractivity contribution in [1.82, 2.24) is 9.97 Å².